The summed E-state index contributed by atoms with van der Waals surface area (Å²) in [6.07, 6.45) is 3.85. The van der Waals surface area contributed by atoms with Crippen molar-refractivity contribution in [2.45, 2.75) is 75.8 Å². The molecule has 0 radical (unpaired) electrons. The number of hydrogen-bond acceptors (Lipinski definition) is 12. The number of methoxy groups -OCH3 is 1. The first-order valence-electron chi connectivity index (χ1n) is 12.9. The molecule has 0 atom stereocenters. The Kier molecular flexibility index (Phi) is 12.5. The number of ether oxygens (including phenoxy) is 1. The highest BCUT2D eigenvalue weighted by Gasteiger charge is 2.15. The van der Waals surface area contributed by atoms with E-state index in [1.54, 1.807) is 9.36 Å². The van der Waals surface area contributed by atoms with Gasteiger partial charge in [0.05, 0.1) is 17.9 Å². The number of halogens is 2. The van der Waals surface area contributed by atoms with Crippen LogP contribution in [0.15, 0.2) is 32.0 Å². The Morgan fingerprint density at radius 1 is 1.12 bits per heavy atom. The van der Waals surface area contributed by atoms with Crippen molar-refractivity contribution in [3.63, 3.8) is 0 Å². The molecule has 0 amide bonds. The highest BCUT2D eigenvalue weighted by atomic mass is 35.5. The van der Waals surface area contributed by atoms with Gasteiger partial charge in [0.25, 0.3) is 0 Å². The van der Waals surface area contributed by atoms with Gasteiger partial charge in [0.1, 0.15) is 11.5 Å². The lowest BCUT2D eigenvalue weighted by Crippen LogP contribution is -2.31. The molecule has 11 nitrogen and oxygen atoms in total. The summed E-state index contributed by atoms with van der Waals surface area (Å²) in [6, 6.07) is 3.26. The number of hydrogen-bond donors (Lipinski definition) is 2. The van der Waals surface area contributed by atoms with Crippen molar-refractivity contribution in [2.75, 3.05) is 29.8 Å². The quantitative estimate of drug-likeness (QED) is 0.242. The Balaban J connectivity index is 0.000000250. The lowest BCUT2D eigenvalue weighted by molar-refractivity contribution is -0.137. The van der Waals surface area contributed by atoms with Crippen LogP contribution in [-0.2, 0) is 22.6 Å². The number of thioether (sulfide) groups is 2. The fourth-order valence-electron chi connectivity index (χ4n) is 3.52. The molecule has 41 heavy (non-hydrogen) atoms. The number of fused-ring (bicyclic) bond motifs is 1. The first-order valence-corrected chi connectivity index (χ1v) is 16.3. The van der Waals surface area contributed by atoms with E-state index in [1.807, 2.05) is 6.26 Å². The first kappa shape index (κ1) is 32.9. The molecule has 1 aliphatic heterocycles. The Bertz CT molecular complexity index is 1450. The number of nitrogens with one attached hydrogen (secondary N) is 2. The number of esters is 1. The number of carbonyl (C=O) groups is 1. The molecule has 0 unspecified atom stereocenters. The fraction of sp³-hybridized carbons (Fsp3) is 0.520. The van der Waals surface area contributed by atoms with Gasteiger partial charge in [-0.05, 0) is 70.3 Å². The van der Waals surface area contributed by atoms with E-state index in [-0.39, 0.29) is 21.3 Å². The average molecular weight is 645 g/mol. The van der Waals surface area contributed by atoms with Crippen LogP contribution in [0.1, 0.15) is 40.5 Å². The van der Waals surface area contributed by atoms with Crippen LogP contribution in [0.25, 0.3) is 0 Å². The molecule has 0 bridgehead atoms. The Morgan fingerprint density at radius 3 is 2.29 bits per heavy atom. The summed E-state index contributed by atoms with van der Waals surface area (Å²) in [7, 11) is 1.30. The lowest BCUT2D eigenvalue weighted by Gasteiger charge is -2.15. The molecule has 0 saturated heterocycles. The summed E-state index contributed by atoms with van der Waals surface area (Å²) in [5, 5.41) is 7.28. The highest BCUT2D eigenvalue weighted by molar-refractivity contribution is 8.00. The van der Waals surface area contributed by atoms with E-state index in [0.29, 0.717) is 46.8 Å². The fourth-order valence-corrected chi connectivity index (χ4v) is 5.87. The number of benzene rings is 1. The van der Waals surface area contributed by atoms with E-state index >= 15 is 0 Å². The molecule has 1 aromatic carbocycles. The van der Waals surface area contributed by atoms with Gasteiger partial charge in [-0.15, -0.1) is 11.8 Å². The predicted molar refractivity (Wildman–Crippen MR) is 164 cm³/mol. The second-order valence-electron chi connectivity index (χ2n) is 9.38. The molecule has 16 heteroatoms. The summed E-state index contributed by atoms with van der Waals surface area (Å²) in [5.41, 5.74) is 0.0829. The molecular weight excluding hydrogens is 611 g/mol. The van der Waals surface area contributed by atoms with Gasteiger partial charge in [0.2, 0.25) is 16.7 Å². The van der Waals surface area contributed by atoms with Crippen molar-refractivity contribution in [2.24, 2.45) is 4.99 Å². The molecule has 4 rings (SSSR count). The van der Waals surface area contributed by atoms with Gasteiger partial charge in [-0.25, -0.2) is 14.1 Å². The van der Waals surface area contributed by atoms with Crippen LogP contribution in [0.3, 0.4) is 0 Å². The van der Waals surface area contributed by atoms with Gasteiger partial charge in [0.15, 0.2) is 5.16 Å². The molecular formula is C25H34ClFN8O3S3. The monoisotopic (exact) mass is 644 g/mol. The van der Waals surface area contributed by atoms with Gasteiger partial charge >= 0.3 is 10.8 Å². The maximum atomic E-state index is 14.3. The third kappa shape index (κ3) is 9.72. The zero-order valence-electron chi connectivity index (χ0n) is 23.7. The molecule has 0 spiro atoms. The number of rotatable bonds is 9. The van der Waals surface area contributed by atoms with Crippen LogP contribution < -0.4 is 20.3 Å². The summed E-state index contributed by atoms with van der Waals surface area (Å²) < 4.78 is 22.3. The summed E-state index contributed by atoms with van der Waals surface area (Å²) >= 11 is 9.68. The predicted octanol–water partition coefficient (Wildman–Crippen LogP) is 5.03. The Morgan fingerprint density at radius 2 is 1.73 bits per heavy atom. The molecule has 3 heterocycles. The van der Waals surface area contributed by atoms with Crippen LogP contribution >= 0.6 is 46.5 Å². The Labute approximate surface area is 255 Å². The maximum absolute atomic E-state index is 14.3. The number of aromatic nitrogens is 5. The van der Waals surface area contributed by atoms with Crippen LogP contribution in [-0.4, -0.2) is 61.5 Å². The molecule has 2 N–H and O–H groups in total. The van der Waals surface area contributed by atoms with Crippen molar-refractivity contribution in [3.05, 3.63) is 37.4 Å². The number of anilines is 2. The minimum atomic E-state index is -0.580. The van der Waals surface area contributed by atoms with Crippen LogP contribution in [0.5, 0.6) is 0 Å². The standard InChI is InChI=1S/C15H15ClFN3O3S2.C10H19N5S/c1-23-13(21)8-24-12-7-11(10(17)6-9(12)16)18-14-19-4-2-3-5-20(19)15(22)25-14;1-6(2)11-8-13-9(12-7(3)4)15-10(14-8)16-5/h6-7H,2-5,8H2,1H3;6-7H,1-5H3,(H2,11,12,13,14,15). The van der Waals surface area contributed by atoms with Crippen molar-refractivity contribution >= 4 is 70.0 Å². The topological polar surface area (TPSA) is 128 Å². The van der Waals surface area contributed by atoms with Crippen LogP contribution in [0.2, 0.25) is 5.02 Å². The average Bonchev–Trinajstić information content (AvgIpc) is 3.23. The van der Waals surface area contributed by atoms with Gasteiger partial charge < -0.3 is 15.4 Å². The minimum absolute atomic E-state index is 0.0605. The summed E-state index contributed by atoms with van der Waals surface area (Å²) in [6.45, 7) is 9.54. The highest BCUT2D eigenvalue weighted by Crippen LogP contribution is 2.33. The maximum Gasteiger partial charge on any atom is 0.325 e. The summed E-state index contributed by atoms with van der Waals surface area (Å²) in [4.78, 5) is 41.4. The lowest BCUT2D eigenvalue weighted by atomic mass is 10.3. The van der Waals surface area contributed by atoms with E-state index in [2.05, 4.69) is 63.0 Å². The van der Waals surface area contributed by atoms with Gasteiger partial charge in [-0.1, -0.05) is 23.4 Å². The third-order valence-corrected chi connectivity index (χ3v) is 8.19. The molecule has 3 aromatic rings. The molecule has 1 aliphatic rings. The van der Waals surface area contributed by atoms with Crippen molar-refractivity contribution in [1.29, 1.82) is 0 Å². The second kappa shape index (κ2) is 15.6. The van der Waals surface area contributed by atoms with E-state index in [9.17, 15) is 14.0 Å². The third-order valence-electron chi connectivity index (χ3n) is 5.32. The van der Waals surface area contributed by atoms with Crippen LogP contribution in [0, 0.1) is 5.82 Å². The first-order chi connectivity index (χ1) is 19.5. The van der Waals surface area contributed by atoms with Gasteiger partial charge in [-0.3, -0.25) is 14.3 Å². The Hall–Kier alpha value is -2.62. The SMILES string of the molecule is COC(=O)CSc1cc(N=c2sc(=O)n3n2CCCC3)c(F)cc1Cl.CSc1nc(NC(C)C)nc(NC(C)C)n1. The van der Waals surface area contributed by atoms with E-state index < -0.39 is 11.8 Å². The van der Waals surface area contributed by atoms with Gasteiger partial charge in [0, 0.05) is 30.1 Å². The smallest absolute Gasteiger partial charge is 0.325 e. The van der Waals surface area contributed by atoms with Crippen molar-refractivity contribution in [3.8, 4) is 0 Å². The molecule has 0 fully saturated rings. The number of nitrogens with zero attached hydrogens (tertiary/aromatic N) is 6. The van der Waals surface area contributed by atoms with E-state index in [0.717, 1.165) is 47.2 Å². The van der Waals surface area contributed by atoms with Crippen LogP contribution in [0.4, 0.5) is 22.0 Å². The molecule has 224 valence electrons. The molecule has 2 aromatic heterocycles. The van der Waals surface area contributed by atoms with E-state index in [1.165, 1.54) is 24.9 Å². The largest absolute Gasteiger partial charge is 0.468 e. The van der Waals surface area contributed by atoms with E-state index in [4.69, 9.17) is 11.6 Å². The van der Waals surface area contributed by atoms with Gasteiger partial charge in [-0.2, -0.15) is 15.0 Å². The normalized spacial score (nSPS) is 13.1. The molecule has 0 aliphatic carbocycles. The van der Waals surface area contributed by atoms with Crippen molar-refractivity contribution in [1.82, 2.24) is 24.3 Å². The molecule has 0 saturated carbocycles. The zero-order chi connectivity index (χ0) is 30.1. The minimum Gasteiger partial charge on any atom is -0.468 e. The second-order valence-corrected chi connectivity index (χ2v) is 12.5. The van der Waals surface area contributed by atoms with Crippen molar-refractivity contribution < 1.29 is 13.9 Å². The number of carbonyl (C=O) groups excluding carboxylic acids is 1. The summed E-state index contributed by atoms with van der Waals surface area (Å²) in [5.74, 6) is 0.322. The zero-order valence-corrected chi connectivity index (χ0v) is 26.9.